The number of anilines is 1. The SMILES string of the molecule is CC(CO)CNC(=O)c1cc(N)ccc1F. The molecule has 0 aliphatic rings. The molecule has 0 heterocycles. The predicted octanol–water partition coefficient (Wildman–Crippen LogP) is 0.766. The van der Waals surface area contributed by atoms with Crippen LogP contribution < -0.4 is 11.1 Å². The lowest BCUT2D eigenvalue weighted by molar-refractivity contribution is 0.0938. The second kappa shape index (κ2) is 5.46. The molecule has 0 radical (unpaired) electrons. The zero-order valence-electron chi connectivity index (χ0n) is 9.03. The fourth-order valence-electron chi connectivity index (χ4n) is 1.14. The molecule has 0 spiro atoms. The quantitative estimate of drug-likeness (QED) is 0.664. The topological polar surface area (TPSA) is 75.3 Å². The van der Waals surface area contributed by atoms with Crippen molar-refractivity contribution in [1.82, 2.24) is 5.32 Å². The molecule has 0 aromatic heterocycles. The van der Waals surface area contributed by atoms with Crippen molar-refractivity contribution in [3.05, 3.63) is 29.6 Å². The summed E-state index contributed by atoms with van der Waals surface area (Å²) in [7, 11) is 0. The van der Waals surface area contributed by atoms with Crippen LogP contribution in [0.15, 0.2) is 18.2 Å². The summed E-state index contributed by atoms with van der Waals surface area (Å²) >= 11 is 0. The predicted molar refractivity (Wildman–Crippen MR) is 59.4 cm³/mol. The van der Waals surface area contributed by atoms with Crippen molar-refractivity contribution in [2.24, 2.45) is 5.92 Å². The van der Waals surface area contributed by atoms with Gasteiger partial charge in [0.15, 0.2) is 0 Å². The molecule has 0 bridgehead atoms. The van der Waals surface area contributed by atoms with Crippen molar-refractivity contribution < 1.29 is 14.3 Å². The van der Waals surface area contributed by atoms with Crippen LogP contribution in [0.4, 0.5) is 10.1 Å². The van der Waals surface area contributed by atoms with Gasteiger partial charge in [0.1, 0.15) is 5.82 Å². The Morgan fingerprint density at radius 2 is 2.31 bits per heavy atom. The minimum absolute atomic E-state index is 0.0281. The first-order valence-corrected chi connectivity index (χ1v) is 4.98. The van der Waals surface area contributed by atoms with E-state index in [0.29, 0.717) is 12.2 Å². The van der Waals surface area contributed by atoms with E-state index in [1.807, 2.05) is 0 Å². The van der Waals surface area contributed by atoms with Gasteiger partial charge in [-0.1, -0.05) is 6.92 Å². The highest BCUT2D eigenvalue weighted by atomic mass is 19.1. The summed E-state index contributed by atoms with van der Waals surface area (Å²) < 4.78 is 13.3. The Hall–Kier alpha value is -1.62. The lowest BCUT2D eigenvalue weighted by Gasteiger charge is -2.10. The van der Waals surface area contributed by atoms with Gasteiger partial charge in [0.2, 0.25) is 0 Å². The van der Waals surface area contributed by atoms with Crippen molar-refractivity contribution in [2.75, 3.05) is 18.9 Å². The van der Waals surface area contributed by atoms with E-state index in [2.05, 4.69) is 5.32 Å². The summed E-state index contributed by atoms with van der Waals surface area (Å²) in [6.07, 6.45) is 0. The van der Waals surface area contributed by atoms with E-state index >= 15 is 0 Å². The van der Waals surface area contributed by atoms with Gasteiger partial charge in [-0.2, -0.15) is 0 Å². The van der Waals surface area contributed by atoms with Crippen LogP contribution in [0.25, 0.3) is 0 Å². The normalized spacial score (nSPS) is 12.2. The van der Waals surface area contributed by atoms with Crippen molar-refractivity contribution >= 4 is 11.6 Å². The Morgan fingerprint density at radius 3 is 2.94 bits per heavy atom. The summed E-state index contributed by atoms with van der Waals surface area (Å²) in [6.45, 7) is 2.04. The third-order valence-electron chi connectivity index (χ3n) is 2.16. The lowest BCUT2D eigenvalue weighted by Crippen LogP contribution is -2.30. The number of aliphatic hydroxyl groups is 1. The Balaban J connectivity index is 2.69. The number of benzene rings is 1. The number of nitrogen functional groups attached to an aromatic ring is 1. The number of nitrogens with two attached hydrogens (primary N) is 1. The number of carbonyl (C=O) groups is 1. The summed E-state index contributed by atoms with van der Waals surface area (Å²) in [4.78, 5) is 11.5. The molecule has 1 rings (SSSR count). The first-order valence-electron chi connectivity index (χ1n) is 4.98. The van der Waals surface area contributed by atoms with Gasteiger partial charge in [-0.3, -0.25) is 4.79 Å². The number of carbonyl (C=O) groups excluding carboxylic acids is 1. The molecule has 0 saturated heterocycles. The molecule has 88 valence electrons. The second-order valence-corrected chi connectivity index (χ2v) is 3.74. The number of aliphatic hydroxyl groups excluding tert-OH is 1. The van der Waals surface area contributed by atoms with Crippen LogP contribution in [0.2, 0.25) is 0 Å². The van der Waals surface area contributed by atoms with Crippen LogP contribution in [0.1, 0.15) is 17.3 Å². The van der Waals surface area contributed by atoms with E-state index in [1.54, 1.807) is 6.92 Å². The Labute approximate surface area is 93.3 Å². The maximum absolute atomic E-state index is 13.3. The van der Waals surface area contributed by atoms with Crippen molar-refractivity contribution in [3.8, 4) is 0 Å². The molecular weight excluding hydrogens is 211 g/mol. The van der Waals surface area contributed by atoms with Crippen LogP contribution >= 0.6 is 0 Å². The molecular formula is C11H15FN2O2. The molecule has 0 saturated carbocycles. The number of amides is 1. The average molecular weight is 226 g/mol. The Bertz CT molecular complexity index is 382. The number of hydrogen-bond donors (Lipinski definition) is 3. The molecule has 16 heavy (non-hydrogen) atoms. The zero-order chi connectivity index (χ0) is 12.1. The van der Waals surface area contributed by atoms with Gasteiger partial charge >= 0.3 is 0 Å². The molecule has 1 amide bonds. The van der Waals surface area contributed by atoms with E-state index < -0.39 is 11.7 Å². The van der Waals surface area contributed by atoms with E-state index in [0.717, 1.165) is 6.07 Å². The van der Waals surface area contributed by atoms with Crippen LogP contribution in [0.5, 0.6) is 0 Å². The molecule has 1 unspecified atom stereocenters. The zero-order valence-corrected chi connectivity index (χ0v) is 9.03. The highest BCUT2D eigenvalue weighted by Gasteiger charge is 2.12. The molecule has 0 aliphatic heterocycles. The molecule has 0 aliphatic carbocycles. The van der Waals surface area contributed by atoms with Crippen molar-refractivity contribution in [2.45, 2.75) is 6.92 Å². The maximum atomic E-state index is 13.3. The van der Waals surface area contributed by atoms with Gasteiger partial charge in [0.25, 0.3) is 5.91 Å². The van der Waals surface area contributed by atoms with E-state index in [4.69, 9.17) is 10.8 Å². The first-order chi connectivity index (χ1) is 7.54. The minimum atomic E-state index is -0.608. The summed E-state index contributed by atoms with van der Waals surface area (Å²) in [5, 5.41) is 11.3. The fraction of sp³-hybridized carbons (Fsp3) is 0.364. The maximum Gasteiger partial charge on any atom is 0.254 e. The summed E-state index contributed by atoms with van der Waals surface area (Å²) in [5.41, 5.74) is 5.72. The number of nitrogens with one attached hydrogen (secondary N) is 1. The van der Waals surface area contributed by atoms with Gasteiger partial charge in [-0.05, 0) is 24.1 Å². The molecule has 1 aromatic rings. The summed E-state index contributed by atoms with van der Waals surface area (Å²) in [6, 6.07) is 3.83. The third kappa shape index (κ3) is 3.20. The highest BCUT2D eigenvalue weighted by molar-refractivity contribution is 5.95. The Kier molecular flexibility index (Phi) is 4.25. The standard InChI is InChI=1S/C11H15FN2O2/c1-7(6-15)5-14-11(16)9-4-8(13)2-3-10(9)12/h2-4,7,15H,5-6,13H2,1H3,(H,14,16). The van der Waals surface area contributed by atoms with E-state index in [1.165, 1.54) is 12.1 Å². The first kappa shape index (κ1) is 12.4. The third-order valence-corrected chi connectivity index (χ3v) is 2.16. The van der Waals surface area contributed by atoms with Gasteiger partial charge in [0.05, 0.1) is 5.56 Å². The van der Waals surface area contributed by atoms with E-state index in [9.17, 15) is 9.18 Å². The number of rotatable bonds is 4. The molecule has 4 nitrogen and oxygen atoms in total. The fourth-order valence-corrected chi connectivity index (χ4v) is 1.14. The molecule has 4 N–H and O–H groups in total. The van der Waals surface area contributed by atoms with Crippen LogP contribution in [-0.2, 0) is 0 Å². The number of halogens is 1. The second-order valence-electron chi connectivity index (χ2n) is 3.74. The van der Waals surface area contributed by atoms with Gasteiger partial charge in [0, 0.05) is 18.8 Å². The minimum Gasteiger partial charge on any atom is -0.399 e. The smallest absolute Gasteiger partial charge is 0.254 e. The van der Waals surface area contributed by atoms with Gasteiger partial charge < -0.3 is 16.2 Å². The average Bonchev–Trinajstić information content (AvgIpc) is 2.28. The van der Waals surface area contributed by atoms with Gasteiger partial charge in [-0.15, -0.1) is 0 Å². The van der Waals surface area contributed by atoms with Crippen LogP contribution in [-0.4, -0.2) is 24.2 Å². The molecule has 5 heteroatoms. The molecule has 0 fully saturated rings. The monoisotopic (exact) mass is 226 g/mol. The van der Waals surface area contributed by atoms with E-state index in [-0.39, 0.29) is 18.1 Å². The molecule has 1 aromatic carbocycles. The van der Waals surface area contributed by atoms with Crippen LogP contribution in [0, 0.1) is 11.7 Å². The van der Waals surface area contributed by atoms with Crippen LogP contribution in [0.3, 0.4) is 0 Å². The summed E-state index contributed by atoms with van der Waals surface area (Å²) in [5.74, 6) is -1.19. The molecule has 1 atom stereocenters. The Morgan fingerprint density at radius 1 is 1.62 bits per heavy atom. The largest absolute Gasteiger partial charge is 0.399 e. The van der Waals surface area contributed by atoms with Crippen molar-refractivity contribution in [1.29, 1.82) is 0 Å². The highest BCUT2D eigenvalue weighted by Crippen LogP contribution is 2.11. The number of hydrogen-bond acceptors (Lipinski definition) is 3. The van der Waals surface area contributed by atoms with Crippen molar-refractivity contribution in [3.63, 3.8) is 0 Å². The van der Waals surface area contributed by atoms with Gasteiger partial charge in [-0.25, -0.2) is 4.39 Å². The lowest BCUT2D eigenvalue weighted by atomic mass is 10.1.